The van der Waals surface area contributed by atoms with Crippen LogP contribution >= 0.6 is 0 Å². The predicted octanol–water partition coefficient (Wildman–Crippen LogP) is 0.717. The van der Waals surface area contributed by atoms with Crippen molar-refractivity contribution in [1.82, 2.24) is 9.21 Å². The molecule has 1 unspecified atom stereocenters. The first-order chi connectivity index (χ1) is 8.84. The number of hydrogen-bond donors (Lipinski definition) is 1. The molecular formula is C13H29N3O2S. The molecule has 0 spiro atoms. The smallest absolute Gasteiger partial charge is 0.211 e. The SMILES string of the molecule is CC(C)N(CCCN)CC1CCCN(S(C)(=O)=O)C1. The molecule has 0 aromatic rings. The molecule has 0 amide bonds. The lowest BCUT2D eigenvalue weighted by molar-refractivity contribution is 0.150. The number of piperidine rings is 1. The standard InChI is InChI=1S/C13H29N3O2S/c1-12(2)15(8-5-7-14)10-13-6-4-9-16(11-13)19(3,17)18/h12-13H,4-11,14H2,1-3H3. The number of rotatable bonds is 7. The molecule has 6 heteroatoms. The van der Waals surface area contributed by atoms with Gasteiger partial charge in [0, 0.05) is 25.7 Å². The Morgan fingerprint density at radius 1 is 1.42 bits per heavy atom. The highest BCUT2D eigenvalue weighted by Crippen LogP contribution is 2.20. The van der Waals surface area contributed by atoms with Crippen molar-refractivity contribution < 1.29 is 8.42 Å². The van der Waals surface area contributed by atoms with Crippen LogP contribution in [-0.2, 0) is 10.0 Å². The molecule has 1 fully saturated rings. The summed E-state index contributed by atoms with van der Waals surface area (Å²) in [4.78, 5) is 2.42. The molecule has 0 aromatic carbocycles. The van der Waals surface area contributed by atoms with Gasteiger partial charge in [0.15, 0.2) is 0 Å². The quantitative estimate of drug-likeness (QED) is 0.750. The number of sulfonamides is 1. The first-order valence-electron chi connectivity index (χ1n) is 7.23. The van der Waals surface area contributed by atoms with Gasteiger partial charge in [-0.25, -0.2) is 12.7 Å². The fraction of sp³-hybridized carbons (Fsp3) is 1.00. The van der Waals surface area contributed by atoms with E-state index in [2.05, 4.69) is 18.7 Å². The van der Waals surface area contributed by atoms with Gasteiger partial charge in [-0.05, 0) is 52.1 Å². The van der Waals surface area contributed by atoms with E-state index >= 15 is 0 Å². The number of hydrogen-bond acceptors (Lipinski definition) is 4. The van der Waals surface area contributed by atoms with Crippen molar-refractivity contribution in [1.29, 1.82) is 0 Å². The zero-order chi connectivity index (χ0) is 14.5. The van der Waals surface area contributed by atoms with Gasteiger partial charge in [-0.2, -0.15) is 0 Å². The van der Waals surface area contributed by atoms with Crippen molar-refractivity contribution in [2.24, 2.45) is 11.7 Å². The molecule has 1 aliphatic heterocycles. The molecule has 1 atom stereocenters. The molecule has 0 radical (unpaired) electrons. The van der Waals surface area contributed by atoms with Crippen LogP contribution in [-0.4, -0.2) is 62.6 Å². The maximum absolute atomic E-state index is 11.6. The molecule has 19 heavy (non-hydrogen) atoms. The Labute approximate surface area is 118 Å². The first kappa shape index (κ1) is 16.9. The molecule has 0 aromatic heterocycles. The van der Waals surface area contributed by atoms with Crippen molar-refractivity contribution >= 4 is 10.0 Å². The van der Waals surface area contributed by atoms with Gasteiger partial charge < -0.3 is 10.6 Å². The van der Waals surface area contributed by atoms with Crippen LogP contribution in [0.25, 0.3) is 0 Å². The summed E-state index contributed by atoms with van der Waals surface area (Å²) in [5, 5.41) is 0. The summed E-state index contributed by atoms with van der Waals surface area (Å²) in [5.74, 6) is 0.448. The second kappa shape index (κ2) is 7.57. The van der Waals surface area contributed by atoms with E-state index in [9.17, 15) is 8.42 Å². The Morgan fingerprint density at radius 3 is 2.63 bits per heavy atom. The average Bonchev–Trinajstić information content (AvgIpc) is 2.33. The van der Waals surface area contributed by atoms with Gasteiger partial charge in [0.2, 0.25) is 10.0 Å². The van der Waals surface area contributed by atoms with Crippen LogP contribution in [0.15, 0.2) is 0 Å². The fourth-order valence-corrected chi connectivity index (χ4v) is 3.61. The summed E-state index contributed by atoms with van der Waals surface area (Å²) in [6, 6.07) is 0.486. The summed E-state index contributed by atoms with van der Waals surface area (Å²) < 4.78 is 24.9. The van der Waals surface area contributed by atoms with Crippen molar-refractivity contribution in [3.8, 4) is 0 Å². The second-order valence-electron chi connectivity index (χ2n) is 5.86. The molecular weight excluding hydrogens is 262 g/mol. The minimum Gasteiger partial charge on any atom is -0.330 e. The van der Waals surface area contributed by atoms with E-state index in [1.165, 1.54) is 6.26 Å². The molecule has 2 N–H and O–H groups in total. The highest BCUT2D eigenvalue weighted by Gasteiger charge is 2.27. The molecule has 5 nitrogen and oxygen atoms in total. The Kier molecular flexibility index (Phi) is 6.73. The maximum Gasteiger partial charge on any atom is 0.211 e. The van der Waals surface area contributed by atoms with Crippen molar-refractivity contribution in [2.45, 2.75) is 39.2 Å². The molecule has 0 bridgehead atoms. The van der Waals surface area contributed by atoms with Crippen LogP contribution in [0.1, 0.15) is 33.1 Å². The Hall–Kier alpha value is -0.170. The highest BCUT2D eigenvalue weighted by molar-refractivity contribution is 7.88. The summed E-state index contributed by atoms with van der Waals surface area (Å²) in [7, 11) is -3.04. The fourth-order valence-electron chi connectivity index (χ4n) is 2.66. The van der Waals surface area contributed by atoms with E-state index in [0.717, 1.165) is 32.4 Å². The van der Waals surface area contributed by atoms with Gasteiger partial charge in [0.1, 0.15) is 0 Å². The van der Waals surface area contributed by atoms with E-state index in [4.69, 9.17) is 5.73 Å². The summed E-state index contributed by atoms with van der Waals surface area (Å²) >= 11 is 0. The van der Waals surface area contributed by atoms with Crippen LogP contribution < -0.4 is 5.73 Å². The maximum atomic E-state index is 11.6. The monoisotopic (exact) mass is 291 g/mol. The molecule has 114 valence electrons. The van der Waals surface area contributed by atoms with Crippen molar-refractivity contribution in [3.63, 3.8) is 0 Å². The molecule has 1 heterocycles. The zero-order valence-electron chi connectivity index (χ0n) is 12.5. The van der Waals surface area contributed by atoms with E-state index in [1.807, 2.05) is 0 Å². The van der Waals surface area contributed by atoms with Crippen LogP contribution in [0.2, 0.25) is 0 Å². The van der Waals surface area contributed by atoms with Crippen LogP contribution in [0.3, 0.4) is 0 Å². The van der Waals surface area contributed by atoms with Crippen LogP contribution in [0, 0.1) is 5.92 Å². The van der Waals surface area contributed by atoms with Crippen LogP contribution in [0.5, 0.6) is 0 Å². The van der Waals surface area contributed by atoms with Gasteiger partial charge in [-0.15, -0.1) is 0 Å². The average molecular weight is 291 g/mol. The van der Waals surface area contributed by atoms with Gasteiger partial charge >= 0.3 is 0 Å². The third-order valence-corrected chi connectivity index (χ3v) is 5.09. The Bertz CT molecular complexity index is 357. The highest BCUT2D eigenvalue weighted by atomic mass is 32.2. The third kappa shape index (κ3) is 5.77. The molecule has 1 rings (SSSR count). The lowest BCUT2D eigenvalue weighted by Gasteiger charge is -2.36. The van der Waals surface area contributed by atoms with Gasteiger partial charge in [0.05, 0.1) is 6.26 Å². The number of nitrogens with zero attached hydrogens (tertiary/aromatic N) is 2. The zero-order valence-corrected chi connectivity index (χ0v) is 13.3. The molecule has 0 aliphatic carbocycles. The van der Waals surface area contributed by atoms with E-state index in [-0.39, 0.29) is 0 Å². The molecule has 1 aliphatic rings. The van der Waals surface area contributed by atoms with Crippen LogP contribution in [0.4, 0.5) is 0 Å². The third-order valence-electron chi connectivity index (χ3n) is 3.82. The lowest BCUT2D eigenvalue weighted by atomic mass is 9.98. The predicted molar refractivity (Wildman–Crippen MR) is 79.5 cm³/mol. The second-order valence-corrected chi connectivity index (χ2v) is 7.84. The van der Waals surface area contributed by atoms with E-state index < -0.39 is 10.0 Å². The van der Waals surface area contributed by atoms with E-state index in [0.29, 0.717) is 31.6 Å². The minimum atomic E-state index is -3.04. The van der Waals surface area contributed by atoms with Gasteiger partial charge in [-0.1, -0.05) is 0 Å². The first-order valence-corrected chi connectivity index (χ1v) is 9.08. The van der Waals surface area contributed by atoms with Gasteiger partial charge in [0.25, 0.3) is 0 Å². The summed E-state index contributed by atoms with van der Waals surface area (Å²) in [6.07, 6.45) is 4.41. The Balaban J connectivity index is 2.54. The summed E-state index contributed by atoms with van der Waals surface area (Å²) in [6.45, 7) is 8.42. The molecule has 0 saturated carbocycles. The van der Waals surface area contributed by atoms with Gasteiger partial charge in [-0.3, -0.25) is 0 Å². The summed E-state index contributed by atoms with van der Waals surface area (Å²) in [5.41, 5.74) is 5.58. The molecule has 1 saturated heterocycles. The topological polar surface area (TPSA) is 66.6 Å². The number of nitrogens with two attached hydrogens (primary N) is 1. The van der Waals surface area contributed by atoms with Crippen molar-refractivity contribution in [3.05, 3.63) is 0 Å². The Morgan fingerprint density at radius 2 is 2.11 bits per heavy atom. The largest absolute Gasteiger partial charge is 0.330 e. The van der Waals surface area contributed by atoms with E-state index in [1.54, 1.807) is 4.31 Å². The lowest BCUT2D eigenvalue weighted by Crippen LogP contribution is -2.45. The van der Waals surface area contributed by atoms with Crippen molar-refractivity contribution in [2.75, 3.05) is 39.0 Å². The normalized spacial score (nSPS) is 22.3. The minimum absolute atomic E-state index is 0.448.